The van der Waals surface area contributed by atoms with Gasteiger partial charge in [0.15, 0.2) is 11.5 Å². The Kier molecular flexibility index (Phi) is 6.46. The highest BCUT2D eigenvalue weighted by Gasteiger charge is 2.33. The van der Waals surface area contributed by atoms with Gasteiger partial charge in [0.25, 0.3) is 0 Å². The van der Waals surface area contributed by atoms with Crippen LogP contribution in [0.2, 0.25) is 0 Å². The predicted octanol–water partition coefficient (Wildman–Crippen LogP) is 3.97. The van der Waals surface area contributed by atoms with Crippen LogP contribution in [0.3, 0.4) is 0 Å². The average molecular weight is 406 g/mol. The molecule has 2 aromatic rings. The molecule has 0 radical (unpaired) electrons. The molecule has 1 aromatic heterocycles. The number of methoxy groups -OCH3 is 3. The van der Waals surface area contributed by atoms with Gasteiger partial charge in [-0.25, -0.2) is 0 Å². The summed E-state index contributed by atoms with van der Waals surface area (Å²) in [6, 6.07) is 8.09. The molecule has 2 atom stereocenters. The molecule has 0 spiro atoms. The van der Waals surface area contributed by atoms with E-state index in [1.807, 2.05) is 12.1 Å². The van der Waals surface area contributed by atoms with Crippen molar-refractivity contribution in [2.24, 2.45) is 5.92 Å². The fourth-order valence-electron chi connectivity index (χ4n) is 3.86. The van der Waals surface area contributed by atoms with Gasteiger partial charge in [-0.2, -0.15) is 0 Å². The van der Waals surface area contributed by atoms with E-state index in [1.54, 1.807) is 32.7 Å². The second kappa shape index (κ2) is 8.84. The summed E-state index contributed by atoms with van der Waals surface area (Å²) in [5, 5.41) is 9.54. The lowest BCUT2D eigenvalue weighted by molar-refractivity contribution is -0.143. The summed E-state index contributed by atoms with van der Waals surface area (Å²) in [5.41, 5.74) is 1.00. The molecule has 28 heavy (non-hydrogen) atoms. The summed E-state index contributed by atoms with van der Waals surface area (Å²) in [4.78, 5) is 16.3. The fraction of sp³-hybridized carbons (Fsp3) is 0.476. The standard InChI is InChI=1S/C21H27NO5S/c1-13-7-8-18(28-13)19(22-9-5-6-14(12-22)21(23)24)15-10-16(25-2)20(27-4)17(11-15)26-3/h7-8,10-11,14,19H,5-6,9,12H2,1-4H3,(H,23,24). The first-order valence-corrected chi connectivity index (χ1v) is 10.1. The van der Waals surface area contributed by atoms with E-state index in [-0.39, 0.29) is 12.0 Å². The summed E-state index contributed by atoms with van der Waals surface area (Å²) in [6.07, 6.45) is 1.58. The number of carboxylic acid groups (broad SMARTS) is 1. The van der Waals surface area contributed by atoms with E-state index >= 15 is 0 Å². The van der Waals surface area contributed by atoms with Crippen molar-refractivity contribution in [3.8, 4) is 17.2 Å². The van der Waals surface area contributed by atoms with Crippen molar-refractivity contribution in [1.29, 1.82) is 0 Å². The molecule has 3 rings (SSSR count). The zero-order valence-electron chi connectivity index (χ0n) is 16.7. The number of likely N-dealkylation sites (tertiary alicyclic amines) is 1. The second-order valence-electron chi connectivity index (χ2n) is 6.98. The molecule has 1 aliphatic rings. The van der Waals surface area contributed by atoms with Crippen LogP contribution in [0.1, 0.15) is 34.2 Å². The van der Waals surface area contributed by atoms with Crippen LogP contribution in [-0.2, 0) is 4.79 Å². The summed E-state index contributed by atoms with van der Waals surface area (Å²) in [7, 11) is 4.79. The molecule has 1 N–H and O–H groups in total. The van der Waals surface area contributed by atoms with Gasteiger partial charge in [0, 0.05) is 16.3 Å². The van der Waals surface area contributed by atoms with Crippen LogP contribution in [0.5, 0.6) is 17.2 Å². The van der Waals surface area contributed by atoms with E-state index in [1.165, 1.54) is 9.75 Å². The van der Waals surface area contributed by atoms with Crippen molar-refractivity contribution < 1.29 is 24.1 Å². The molecule has 1 aliphatic heterocycles. The van der Waals surface area contributed by atoms with Crippen LogP contribution in [0.25, 0.3) is 0 Å². The number of hydrogen-bond acceptors (Lipinski definition) is 6. The molecule has 0 aliphatic carbocycles. The van der Waals surface area contributed by atoms with Gasteiger partial charge in [0.05, 0.1) is 33.3 Å². The molecule has 1 aromatic carbocycles. The van der Waals surface area contributed by atoms with Crippen LogP contribution in [0.15, 0.2) is 24.3 Å². The van der Waals surface area contributed by atoms with Crippen molar-refractivity contribution in [2.75, 3.05) is 34.4 Å². The second-order valence-corrected chi connectivity index (χ2v) is 8.30. The molecule has 2 unspecified atom stereocenters. The van der Waals surface area contributed by atoms with Gasteiger partial charge in [0.1, 0.15) is 0 Å². The molecular formula is C21H27NO5S. The van der Waals surface area contributed by atoms with Gasteiger partial charge in [0.2, 0.25) is 5.75 Å². The summed E-state index contributed by atoms with van der Waals surface area (Å²) in [5.74, 6) is 0.677. The lowest BCUT2D eigenvalue weighted by Gasteiger charge is -2.37. The minimum absolute atomic E-state index is 0.0606. The minimum Gasteiger partial charge on any atom is -0.493 e. The average Bonchev–Trinajstić information content (AvgIpc) is 3.13. The quantitative estimate of drug-likeness (QED) is 0.752. The van der Waals surface area contributed by atoms with Crippen LogP contribution in [0.4, 0.5) is 0 Å². The molecule has 6 nitrogen and oxygen atoms in total. The Labute approximate surface area is 169 Å². The highest BCUT2D eigenvalue weighted by molar-refractivity contribution is 7.12. The SMILES string of the molecule is COc1cc(C(c2ccc(C)s2)N2CCCC(C(=O)O)C2)cc(OC)c1OC. The molecule has 152 valence electrons. The number of nitrogens with zero attached hydrogens (tertiary/aromatic N) is 1. The Balaban J connectivity index is 2.08. The largest absolute Gasteiger partial charge is 0.493 e. The van der Waals surface area contributed by atoms with Crippen LogP contribution >= 0.6 is 11.3 Å². The minimum atomic E-state index is -0.726. The van der Waals surface area contributed by atoms with E-state index in [2.05, 4.69) is 24.0 Å². The number of ether oxygens (including phenoxy) is 3. The fourth-order valence-corrected chi connectivity index (χ4v) is 4.90. The number of piperidine rings is 1. The van der Waals surface area contributed by atoms with Crippen molar-refractivity contribution in [3.63, 3.8) is 0 Å². The summed E-state index contributed by atoms with van der Waals surface area (Å²) in [6.45, 7) is 3.45. The first-order valence-electron chi connectivity index (χ1n) is 9.31. The molecule has 0 saturated carbocycles. The van der Waals surface area contributed by atoms with E-state index in [0.29, 0.717) is 23.8 Å². The van der Waals surface area contributed by atoms with Gasteiger partial charge in [-0.3, -0.25) is 9.69 Å². The van der Waals surface area contributed by atoms with E-state index in [4.69, 9.17) is 14.2 Å². The van der Waals surface area contributed by atoms with Crippen molar-refractivity contribution in [2.45, 2.75) is 25.8 Å². The van der Waals surface area contributed by atoms with Gasteiger partial charge >= 0.3 is 5.97 Å². The third kappa shape index (κ3) is 4.10. The van der Waals surface area contributed by atoms with Crippen LogP contribution < -0.4 is 14.2 Å². The summed E-state index contributed by atoms with van der Waals surface area (Å²) < 4.78 is 16.5. The first-order chi connectivity index (χ1) is 13.5. The Morgan fingerprint density at radius 3 is 2.36 bits per heavy atom. The number of benzene rings is 1. The lowest BCUT2D eigenvalue weighted by atomic mass is 9.94. The smallest absolute Gasteiger partial charge is 0.307 e. The molecular weight excluding hydrogens is 378 g/mol. The monoisotopic (exact) mass is 405 g/mol. The first kappa shape index (κ1) is 20.5. The van der Waals surface area contributed by atoms with E-state index in [9.17, 15) is 9.90 Å². The lowest BCUT2D eigenvalue weighted by Crippen LogP contribution is -2.41. The predicted molar refractivity (Wildman–Crippen MR) is 109 cm³/mol. The van der Waals surface area contributed by atoms with Crippen molar-refractivity contribution in [1.82, 2.24) is 4.90 Å². The Hall–Kier alpha value is -2.25. The Bertz CT molecular complexity index is 809. The highest BCUT2D eigenvalue weighted by Crippen LogP contribution is 2.44. The normalized spacial score (nSPS) is 18.5. The number of hydrogen-bond donors (Lipinski definition) is 1. The van der Waals surface area contributed by atoms with Gasteiger partial charge in [-0.1, -0.05) is 0 Å². The molecule has 1 saturated heterocycles. The highest BCUT2D eigenvalue weighted by atomic mass is 32.1. The van der Waals surface area contributed by atoms with Gasteiger partial charge in [-0.05, 0) is 56.1 Å². The maximum Gasteiger partial charge on any atom is 0.307 e. The molecule has 0 amide bonds. The van der Waals surface area contributed by atoms with E-state index < -0.39 is 5.97 Å². The maximum absolute atomic E-state index is 11.6. The van der Waals surface area contributed by atoms with Crippen molar-refractivity contribution in [3.05, 3.63) is 39.6 Å². The number of carboxylic acids is 1. The number of aryl methyl sites for hydroxylation is 1. The Morgan fingerprint density at radius 2 is 1.86 bits per heavy atom. The third-order valence-electron chi connectivity index (χ3n) is 5.20. The number of rotatable bonds is 7. The van der Waals surface area contributed by atoms with Gasteiger partial charge in [-0.15, -0.1) is 11.3 Å². The zero-order chi connectivity index (χ0) is 20.3. The number of carbonyl (C=O) groups is 1. The number of thiophene rings is 1. The summed E-state index contributed by atoms with van der Waals surface area (Å²) >= 11 is 1.73. The van der Waals surface area contributed by atoms with E-state index in [0.717, 1.165) is 24.9 Å². The zero-order valence-corrected chi connectivity index (χ0v) is 17.5. The van der Waals surface area contributed by atoms with Crippen LogP contribution in [0, 0.1) is 12.8 Å². The maximum atomic E-state index is 11.6. The molecule has 0 bridgehead atoms. The van der Waals surface area contributed by atoms with Gasteiger partial charge < -0.3 is 19.3 Å². The third-order valence-corrected chi connectivity index (χ3v) is 6.25. The van der Waals surface area contributed by atoms with Crippen LogP contribution in [-0.4, -0.2) is 50.4 Å². The number of aliphatic carboxylic acids is 1. The molecule has 1 fully saturated rings. The molecule has 7 heteroatoms. The topological polar surface area (TPSA) is 68.2 Å². The molecule has 2 heterocycles. The Morgan fingerprint density at radius 1 is 1.18 bits per heavy atom. The van der Waals surface area contributed by atoms with Crippen molar-refractivity contribution >= 4 is 17.3 Å².